The van der Waals surface area contributed by atoms with Gasteiger partial charge in [-0.05, 0) is 12.7 Å². The summed E-state index contributed by atoms with van der Waals surface area (Å²) in [5.74, 6) is 0.365. The summed E-state index contributed by atoms with van der Waals surface area (Å²) in [5.41, 5.74) is 0. The summed E-state index contributed by atoms with van der Waals surface area (Å²) in [4.78, 5) is 10.6. The molecule has 0 aliphatic rings. The first kappa shape index (κ1) is 8.82. The van der Waals surface area contributed by atoms with Gasteiger partial charge in [0, 0.05) is 0 Å². The van der Waals surface area contributed by atoms with Gasteiger partial charge in [0.1, 0.15) is 0 Å². The topological polar surface area (TPSA) is 26.3 Å². The molecule has 0 heterocycles. The van der Waals surface area contributed by atoms with Crippen LogP contribution in [-0.4, -0.2) is 24.6 Å². The maximum atomic E-state index is 10.6. The molecule has 0 saturated carbocycles. The zero-order valence-corrected chi connectivity index (χ0v) is 6.66. The average molecular weight is 148 g/mol. The number of hydrogen-bond acceptors (Lipinski definition) is 3. The molecule has 0 atom stereocenters. The van der Waals surface area contributed by atoms with Crippen LogP contribution in [0.25, 0.3) is 0 Å². The number of hydrogen-bond donors (Lipinski definition) is 0. The molecule has 0 aliphatic carbocycles. The largest absolute Gasteiger partial charge is 0.465 e. The van der Waals surface area contributed by atoms with E-state index in [1.165, 1.54) is 11.8 Å². The molecule has 0 aromatic carbocycles. The second-order valence-electron chi connectivity index (χ2n) is 1.65. The highest BCUT2D eigenvalue weighted by Gasteiger charge is 1.97. The van der Waals surface area contributed by atoms with Crippen molar-refractivity contribution in [1.82, 2.24) is 0 Å². The van der Waals surface area contributed by atoms with Crippen molar-refractivity contribution in [3.05, 3.63) is 0 Å². The van der Waals surface area contributed by atoms with E-state index < -0.39 is 0 Å². The van der Waals surface area contributed by atoms with Crippen LogP contribution in [0.5, 0.6) is 0 Å². The molecule has 0 aliphatic heterocycles. The van der Waals surface area contributed by atoms with Crippen LogP contribution in [0.4, 0.5) is 0 Å². The molecule has 0 aromatic rings. The van der Waals surface area contributed by atoms with E-state index in [9.17, 15) is 4.79 Å². The second-order valence-corrected chi connectivity index (χ2v) is 2.52. The number of rotatable bonds is 4. The number of carbonyl (C=O) groups is 1. The molecular weight excluding hydrogens is 136 g/mol. The van der Waals surface area contributed by atoms with Gasteiger partial charge in [0.15, 0.2) is 0 Å². The van der Waals surface area contributed by atoms with Gasteiger partial charge in [-0.1, -0.05) is 6.92 Å². The molecular formula is C6H12O2S. The highest BCUT2D eigenvalue weighted by molar-refractivity contribution is 7.99. The maximum Gasteiger partial charge on any atom is 0.315 e. The Hall–Kier alpha value is -0.180. The predicted octanol–water partition coefficient (Wildman–Crippen LogP) is 1.30. The third-order valence-electron chi connectivity index (χ3n) is 0.729. The molecule has 0 N–H and O–H groups in total. The van der Waals surface area contributed by atoms with Gasteiger partial charge in [-0.3, -0.25) is 4.79 Å². The van der Waals surface area contributed by atoms with E-state index in [2.05, 4.69) is 0 Å². The molecule has 0 aromatic heterocycles. The van der Waals surface area contributed by atoms with Crippen molar-refractivity contribution in [2.24, 2.45) is 0 Å². The summed E-state index contributed by atoms with van der Waals surface area (Å²) in [7, 11) is 0. The van der Waals surface area contributed by atoms with Crippen molar-refractivity contribution >= 4 is 17.7 Å². The third-order valence-corrected chi connectivity index (χ3v) is 1.25. The van der Waals surface area contributed by atoms with Gasteiger partial charge in [-0.15, -0.1) is 0 Å². The van der Waals surface area contributed by atoms with E-state index in [0.29, 0.717) is 12.4 Å². The summed E-state index contributed by atoms with van der Waals surface area (Å²) in [6, 6.07) is 0. The maximum absolute atomic E-state index is 10.6. The minimum atomic E-state index is -0.107. The Balaban J connectivity index is 3.06. The summed E-state index contributed by atoms with van der Waals surface area (Å²) >= 11 is 1.49. The number of carbonyl (C=O) groups excluding carboxylic acids is 1. The summed E-state index contributed by atoms with van der Waals surface area (Å²) < 4.78 is 4.77. The van der Waals surface area contributed by atoms with Crippen molar-refractivity contribution in [1.29, 1.82) is 0 Å². The Morgan fingerprint density at radius 3 is 2.78 bits per heavy atom. The molecule has 9 heavy (non-hydrogen) atoms. The fourth-order valence-corrected chi connectivity index (χ4v) is 0.694. The van der Waals surface area contributed by atoms with E-state index in [1.807, 2.05) is 13.2 Å². The van der Waals surface area contributed by atoms with Crippen LogP contribution in [-0.2, 0) is 9.53 Å². The van der Waals surface area contributed by atoms with Crippen LogP contribution in [0.15, 0.2) is 0 Å². The smallest absolute Gasteiger partial charge is 0.315 e. The monoisotopic (exact) mass is 148 g/mol. The van der Waals surface area contributed by atoms with Gasteiger partial charge in [-0.2, -0.15) is 11.8 Å². The fraction of sp³-hybridized carbons (Fsp3) is 0.833. The lowest BCUT2D eigenvalue weighted by atomic mass is 10.5. The number of esters is 1. The van der Waals surface area contributed by atoms with Crippen LogP contribution in [0, 0.1) is 0 Å². The zero-order chi connectivity index (χ0) is 7.11. The first-order valence-electron chi connectivity index (χ1n) is 2.95. The van der Waals surface area contributed by atoms with Gasteiger partial charge in [0.25, 0.3) is 0 Å². The predicted molar refractivity (Wildman–Crippen MR) is 39.6 cm³/mol. The lowest BCUT2D eigenvalue weighted by Gasteiger charge is -1.98. The van der Waals surface area contributed by atoms with Crippen molar-refractivity contribution in [2.75, 3.05) is 18.6 Å². The van der Waals surface area contributed by atoms with Crippen LogP contribution in [0.1, 0.15) is 13.3 Å². The van der Waals surface area contributed by atoms with Gasteiger partial charge in [0.2, 0.25) is 0 Å². The fourth-order valence-electron chi connectivity index (χ4n) is 0.375. The second kappa shape index (κ2) is 5.95. The first-order valence-corrected chi connectivity index (χ1v) is 4.35. The molecule has 0 saturated heterocycles. The molecule has 0 amide bonds. The Kier molecular flexibility index (Phi) is 5.83. The van der Waals surface area contributed by atoms with E-state index >= 15 is 0 Å². The van der Waals surface area contributed by atoms with E-state index in [4.69, 9.17) is 4.74 Å². The van der Waals surface area contributed by atoms with Crippen molar-refractivity contribution < 1.29 is 9.53 Å². The van der Waals surface area contributed by atoms with Crippen LogP contribution in [0.2, 0.25) is 0 Å². The van der Waals surface area contributed by atoms with Crippen molar-refractivity contribution in [3.8, 4) is 0 Å². The average Bonchev–Trinajstić information content (AvgIpc) is 1.85. The third kappa shape index (κ3) is 5.69. The molecule has 0 spiro atoms. The van der Waals surface area contributed by atoms with E-state index in [-0.39, 0.29) is 5.97 Å². The van der Waals surface area contributed by atoms with Crippen molar-refractivity contribution in [2.45, 2.75) is 13.3 Å². The normalized spacial score (nSPS) is 9.11. The Bertz CT molecular complexity index is 83.1. The van der Waals surface area contributed by atoms with Crippen LogP contribution >= 0.6 is 11.8 Å². The van der Waals surface area contributed by atoms with Gasteiger partial charge in [0.05, 0.1) is 12.4 Å². The standard InChI is InChI=1S/C6H12O2S/c1-3-4-8-6(7)5-9-2/h3-5H2,1-2H3. The van der Waals surface area contributed by atoms with E-state index in [1.54, 1.807) is 0 Å². The van der Waals surface area contributed by atoms with Crippen LogP contribution in [0.3, 0.4) is 0 Å². The SMILES string of the molecule is CCCOC(=O)CSC. The molecule has 0 unspecified atom stereocenters. The Labute approximate surface area is 60.0 Å². The molecule has 0 radical (unpaired) electrons. The van der Waals surface area contributed by atoms with Gasteiger partial charge < -0.3 is 4.74 Å². The zero-order valence-electron chi connectivity index (χ0n) is 5.85. The molecule has 3 heteroatoms. The van der Waals surface area contributed by atoms with E-state index in [0.717, 1.165) is 6.42 Å². The number of thioether (sulfide) groups is 1. The minimum absolute atomic E-state index is 0.107. The molecule has 0 bridgehead atoms. The molecule has 2 nitrogen and oxygen atoms in total. The molecule has 54 valence electrons. The Morgan fingerprint density at radius 1 is 1.67 bits per heavy atom. The Morgan fingerprint density at radius 2 is 2.33 bits per heavy atom. The first-order chi connectivity index (χ1) is 4.31. The number of ether oxygens (including phenoxy) is 1. The lowest BCUT2D eigenvalue weighted by molar-refractivity contribution is -0.140. The quantitative estimate of drug-likeness (QED) is 0.562. The highest BCUT2D eigenvalue weighted by Crippen LogP contribution is 1.93. The lowest BCUT2D eigenvalue weighted by Crippen LogP contribution is -2.07. The van der Waals surface area contributed by atoms with Gasteiger partial charge in [-0.25, -0.2) is 0 Å². The van der Waals surface area contributed by atoms with Gasteiger partial charge >= 0.3 is 5.97 Å². The molecule has 0 rings (SSSR count). The summed E-state index contributed by atoms with van der Waals surface area (Å²) in [6.07, 6.45) is 2.79. The molecule has 0 fully saturated rings. The van der Waals surface area contributed by atoms with Crippen LogP contribution < -0.4 is 0 Å². The minimum Gasteiger partial charge on any atom is -0.465 e. The summed E-state index contributed by atoms with van der Waals surface area (Å²) in [6.45, 7) is 2.53. The summed E-state index contributed by atoms with van der Waals surface area (Å²) in [5, 5.41) is 0. The highest BCUT2D eigenvalue weighted by atomic mass is 32.2. The van der Waals surface area contributed by atoms with Crippen molar-refractivity contribution in [3.63, 3.8) is 0 Å².